The van der Waals surface area contributed by atoms with E-state index < -0.39 is 0 Å². The van der Waals surface area contributed by atoms with E-state index in [9.17, 15) is 9.59 Å². The van der Waals surface area contributed by atoms with E-state index in [-0.39, 0.29) is 17.9 Å². The number of nitrogens with zero attached hydrogens (tertiary/aromatic N) is 1. The normalized spacial score (nSPS) is 12.1. The van der Waals surface area contributed by atoms with Gasteiger partial charge in [-0.3, -0.25) is 4.79 Å². The van der Waals surface area contributed by atoms with E-state index >= 15 is 0 Å². The van der Waals surface area contributed by atoms with E-state index in [0.29, 0.717) is 18.7 Å². The van der Waals surface area contributed by atoms with Gasteiger partial charge in [-0.15, -0.1) is 0 Å². The highest BCUT2D eigenvalue weighted by molar-refractivity contribution is 5.89. The SMILES string of the molecule is COC(=O)c1cccc(CN(C)CC(C)C(=O)OC)c1. The van der Waals surface area contributed by atoms with Crippen LogP contribution in [0.15, 0.2) is 24.3 Å². The molecule has 0 aliphatic rings. The zero-order valence-corrected chi connectivity index (χ0v) is 12.4. The molecule has 0 N–H and O–H groups in total. The first-order valence-corrected chi connectivity index (χ1v) is 6.41. The molecule has 0 spiro atoms. The van der Waals surface area contributed by atoms with Gasteiger partial charge in [0.25, 0.3) is 0 Å². The Morgan fingerprint density at radius 2 is 1.95 bits per heavy atom. The number of ether oxygens (including phenoxy) is 2. The monoisotopic (exact) mass is 279 g/mol. The molecule has 0 radical (unpaired) electrons. The lowest BCUT2D eigenvalue weighted by Gasteiger charge is -2.20. The number of carbonyl (C=O) groups excluding carboxylic acids is 2. The molecule has 0 amide bonds. The van der Waals surface area contributed by atoms with E-state index in [1.165, 1.54) is 14.2 Å². The first-order valence-electron chi connectivity index (χ1n) is 6.41. The van der Waals surface area contributed by atoms with Gasteiger partial charge in [0.1, 0.15) is 0 Å². The summed E-state index contributed by atoms with van der Waals surface area (Å²) < 4.78 is 9.39. The second-order valence-corrected chi connectivity index (χ2v) is 4.81. The molecule has 0 fully saturated rings. The molecular weight excluding hydrogens is 258 g/mol. The maximum Gasteiger partial charge on any atom is 0.337 e. The summed E-state index contributed by atoms with van der Waals surface area (Å²) in [7, 11) is 4.67. The summed E-state index contributed by atoms with van der Waals surface area (Å²) in [6, 6.07) is 7.27. The van der Waals surface area contributed by atoms with Gasteiger partial charge in [-0.1, -0.05) is 19.1 Å². The van der Waals surface area contributed by atoms with E-state index in [4.69, 9.17) is 9.47 Å². The summed E-state index contributed by atoms with van der Waals surface area (Å²) in [5.74, 6) is -0.758. The Kier molecular flexibility index (Phi) is 6.18. The molecule has 0 saturated carbocycles. The average Bonchev–Trinajstić information content (AvgIpc) is 2.45. The number of carbonyl (C=O) groups is 2. The third-order valence-corrected chi connectivity index (χ3v) is 2.99. The number of hydrogen-bond acceptors (Lipinski definition) is 5. The molecule has 5 heteroatoms. The van der Waals surface area contributed by atoms with Crippen LogP contribution in [0.25, 0.3) is 0 Å². The molecule has 0 saturated heterocycles. The second-order valence-electron chi connectivity index (χ2n) is 4.81. The summed E-state index contributed by atoms with van der Waals surface area (Å²) in [5, 5.41) is 0. The van der Waals surface area contributed by atoms with Crippen molar-refractivity contribution in [3.63, 3.8) is 0 Å². The summed E-state index contributed by atoms with van der Waals surface area (Å²) in [4.78, 5) is 24.8. The number of rotatable bonds is 6. The van der Waals surface area contributed by atoms with Crippen LogP contribution >= 0.6 is 0 Å². The first kappa shape index (κ1) is 16.2. The van der Waals surface area contributed by atoms with Crippen molar-refractivity contribution in [2.75, 3.05) is 27.8 Å². The van der Waals surface area contributed by atoms with Crippen molar-refractivity contribution >= 4 is 11.9 Å². The van der Waals surface area contributed by atoms with Gasteiger partial charge >= 0.3 is 11.9 Å². The third kappa shape index (κ3) is 4.66. The molecule has 20 heavy (non-hydrogen) atoms. The maximum absolute atomic E-state index is 11.5. The van der Waals surface area contributed by atoms with Gasteiger partial charge < -0.3 is 14.4 Å². The van der Waals surface area contributed by atoms with E-state index in [1.807, 2.05) is 31.0 Å². The lowest BCUT2D eigenvalue weighted by atomic mass is 10.1. The Balaban J connectivity index is 2.64. The molecule has 1 atom stereocenters. The number of hydrogen-bond donors (Lipinski definition) is 0. The van der Waals surface area contributed by atoms with Gasteiger partial charge in [0, 0.05) is 13.1 Å². The van der Waals surface area contributed by atoms with Crippen LogP contribution < -0.4 is 0 Å². The topological polar surface area (TPSA) is 55.8 Å². The highest BCUT2D eigenvalue weighted by Gasteiger charge is 2.15. The van der Waals surface area contributed by atoms with Crippen LogP contribution in [0.5, 0.6) is 0 Å². The molecule has 0 heterocycles. The van der Waals surface area contributed by atoms with Crippen LogP contribution in [-0.4, -0.2) is 44.7 Å². The Bertz CT molecular complexity index is 473. The summed E-state index contributed by atoms with van der Waals surface area (Å²) >= 11 is 0. The molecule has 1 aromatic rings. The summed E-state index contributed by atoms with van der Waals surface area (Å²) in [5.41, 5.74) is 1.52. The number of benzene rings is 1. The van der Waals surface area contributed by atoms with Crippen LogP contribution in [0.2, 0.25) is 0 Å². The highest BCUT2D eigenvalue weighted by atomic mass is 16.5. The Labute approximate surface area is 119 Å². The minimum atomic E-state index is -0.350. The van der Waals surface area contributed by atoms with Gasteiger partial charge in [0.05, 0.1) is 25.7 Å². The first-order chi connectivity index (χ1) is 9.47. The van der Waals surface area contributed by atoms with Crippen LogP contribution in [0.4, 0.5) is 0 Å². The lowest BCUT2D eigenvalue weighted by molar-refractivity contribution is -0.145. The molecule has 1 unspecified atom stereocenters. The third-order valence-electron chi connectivity index (χ3n) is 2.99. The fraction of sp³-hybridized carbons (Fsp3) is 0.467. The molecule has 0 aliphatic heterocycles. The van der Waals surface area contributed by atoms with Gasteiger partial charge in [-0.2, -0.15) is 0 Å². The molecule has 0 bridgehead atoms. The molecule has 5 nitrogen and oxygen atoms in total. The van der Waals surface area contributed by atoms with Crippen LogP contribution in [0.3, 0.4) is 0 Å². The van der Waals surface area contributed by atoms with Gasteiger partial charge in [0.2, 0.25) is 0 Å². The number of methoxy groups -OCH3 is 2. The minimum Gasteiger partial charge on any atom is -0.469 e. The molecule has 0 aliphatic carbocycles. The Morgan fingerprint density at radius 3 is 2.55 bits per heavy atom. The Hall–Kier alpha value is -1.88. The molecule has 1 rings (SSSR count). The van der Waals surface area contributed by atoms with Crippen molar-refractivity contribution in [2.45, 2.75) is 13.5 Å². The molecule has 1 aromatic carbocycles. The van der Waals surface area contributed by atoms with Gasteiger partial charge in [0.15, 0.2) is 0 Å². The fourth-order valence-corrected chi connectivity index (χ4v) is 2.03. The molecular formula is C15H21NO4. The van der Waals surface area contributed by atoms with Crippen molar-refractivity contribution in [3.05, 3.63) is 35.4 Å². The average molecular weight is 279 g/mol. The maximum atomic E-state index is 11.5. The molecule has 0 aromatic heterocycles. The van der Waals surface area contributed by atoms with Gasteiger partial charge in [-0.25, -0.2) is 4.79 Å². The fourth-order valence-electron chi connectivity index (χ4n) is 2.03. The van der Waals surface area contributed by atoms with E-state index in [1.54, 1.807) is 12.1 Å². The van der Waals surface area contributed by atoms with Crippen molar-refractivity contribution < 1.29 is 19.1 Å². The van der Waals surface area contributed by atoms with Crippen molar-refractivity contribution in [2.24, 2.45) is 5.92 Å². The second kappa shape index (κ2) is 7.65. The van der Waals surface area contributed by atoms with Crippen LogP contribution in [0, 0.1) is 5.92 Å². The smallest absolute Gasteiger partial charge is 0.337 e. The predicted octanol–water partition coefficient (Wildman–Crippen LogP) is 1.71. The quantitative estimate of drug-likeness (QED) is 0.742. The van der Waals surface area contributed by atoms with Crippen LogP contribution in [-0.2, 0) is 20.8 Å². The highest BCUT2D eigenvalue weighted by Crippen LogP contribution is 2.10. The van der Waals surface area contributed by atoms with E-state index in [2.05, 4.69) is 0 Å². The summed E-state index contributed by atoms with van der Waals surface area (Å²) in [6.07, 6.45) is 0. The van der Waals surface area contributed by atoms with E-state index in [0.717, 1.165) is 5.56 Å². The standard InChI is InChI=1S/C15H21NO4/c1-11(14(17)19-3)9-16(2)10-12-6-5-7-13(8-12)15(18)20-4/h5-8,11H,9-10H2,1-4H3. The largest absolute Gasteiger partial charge is 0.469 e. The van der Waals surface area contributed by atoms with Crippen molar-refractivity contribution in [1.82, 2.24) is 4.90 Å². The van der Waals surface area contributed by atoms with Crippen molar-refractivity contribution in [1.29, 1.82) is 0 Å². The zero-order chi connectivity index (χ0) is 15.1. The number of esters is 2. The summed E-state index contributed by atoms with van der Waals surface area (Å²) in [6.45, 7) is 3.06. The lowest BCUT2D eigenvalue weighted by Crippen LogP contribution is -2.29. The molecule has 110 valence electrons. The van der Waals surface area contributed by atoms with Crippen molar-refractivity contribution in [3.8, 4) is 0 Å². The van der Waals surface area contributed by atoms with Crippen LogP contribution in [0.1, 0.15) is 22.8 Å². The van der Waals surface area contributed by atoms with Gasteiger partial charge in [-0.05, 0) is 24.7 Å². The minimum absolute atomic E-state index is 0.186. The zero-order valence-electron chi connectivity index (χ0n) is 12.4. The Morgan fingerprint density at radius 1 is 1.25 bits per heavy atom. The predicted molar refractivity (Wildman–Crippen MR) is 75.3 cm³/mol.